The third-order valence-corrected chi connectivity index (χ3v) is 6.85. The van der Waals surface area contributed by atoms with Crippen LogP contribution >= 0.6 is 11.3 Å². The molecule has 0 saturated carbocycles. The van der Waals surface area contributed by atoms with Crippen LogP contribution in [0.3, 0.4) is 0 Å². The van der Waals surface area contributed by atoms with Gasteiger partial charge in [-0.25, -0.2) is 9.37 Å². The van der Waals surface area contributed by atoms with Gasteiger partial charge in [0.1, 0.15) is 22.4 Å². The van der Waals surface area contributed by atoms with Crippen LogP contribution < -0.4 is 9.80 Å². The van der Waals surface area contributed by atoms with Crippen molar-refractivity contribution < 1.29 is 9.50 Å². The van der Waals surface area contributed by atoms with E-state index >= 15 is 0 Å². The molecule has 3 aromatic rings. The van der Waals surface area contributed by atoms with Crippen molar-refractivity contribution in [2.75, 3.05) is 49.6 Å². The molecule has 1 fully saturated rings. The van der Waals surface area contributed by atoms with E-state index in [2.05, 4.69) is 34.0 Å². The number of nitrogens with zero attached hydrogens (tertiary/aromatic N) is 4. The van der Waals surface area contributed by atoms with Gasteiger partial charge in [-0.2, -0.15) is 0 Å². The number of nitrogens with one attached hydrogen (secondary N) is 1. The minimum atomic E-state index is -0.295. The molecule has 0 unspecified atom stereocenters. The van der Waals surface area contributed by atoms with Crippen LogP contribution in [0.25, 0.3) is 16.8 Å². The normalized spacial score (nSPS) is 17.5. The number of halogens is 1. The summed E-state index contributed by atoms with van der Waals surface area (Å²) in [5, 5.41) is 21.8. The number of likely N-dealkylation sites (N-methyl/N-ethyl adjacent to an activating group) is 1. The predicted octanol–water partition coefficient (Wildman–Crippen LogP) is 4.47. The standard InChI is InChI=1S/C24H24FN5OS/c1-28-10-12-29(13-11-28)18-6-8-19(9-7-18)30-14-21(31)22(23(30)26)24-27-20(15-32-24)16-2-4-17(25)5-3-16/h2-9,15,26,31H,10-14H2,1H3. The number of aliphatic hydroxyl groups excluding tert-OH is 1. The zero-order valence-electron chi connectivity index (χ0n) is 17.8. The first-order valence-corrected chi connectivity index (χ1v) is 11.4. The van der Waals surface area contributed by atoms with Crippen molar-refractivity contribution >= 4 is 34.1 Å². The molecular weight excluding hydrogens is 425 g/mol. The molecule has 8 heteroatoms. The Bertz CT molecular complexity index is 1160. The smallest absolute Gasteiger partial charge is 0.139 e. The molecule has 2 aliphatic heterocycles. The van der Waals surface area contributed by atoms with E-state index in [1.807, 2.05) is 17.5 Å². The molecular formula is C24H24FN5OS. The monoisotopic (exact) mass is 449 g/mol. The lowest BCUT2D eigenvalue weighted by atomic mass is 10.2. The number of aromatic nitrogens is 1. The van der Waals surface area contributed by atoms with Gasteiger partial charge in [0.15, 0.2) is 0 Å². The maximum atomic E-state index is 13.2. The second-order valence-electron chi connectivity index (χ2n) is 8.11. The molecule has 0 atom stereocenters. The molecule has 164 valence electrons. The Morgan fingerprint density at radius 1 is 0.969 bits per heavy atom. The van der Waals surface area contributed by atoms with Gasteiger partial charge in [-0.05, 0) is 55.6 Å². The number of anilines is 2. The van der Waals surface area contributed by atoms with Crippen molar-refractivity contribution in [3.05, 3.63) is 70.5 Å². The fraction of sp³-hybridized carbons (Fsp3) is 0.250. The van der Waals surface area contributed by atoms with E-state index < -0.39 is 0 Å². The molecule has 1 saturated heterocycles. The zero-order chi connectivity index (χ0) is 22.2. The third kappa shape index (κ3) is 3.87. The highest BCUT2D eigenvalue weighted by Gasteiger charge is 2.31. The summed E-state index contributed by atoms with van der Waals surface area (Å²) in [5.41, 5.74) is 3.99. The van der Waals surface area contributed by atoms with Gasteiger partial charge in [0, 0.05) is 48.5 Å². The first kappa shape index (κ1) is 20.7. The summed E-state index contributed by atoms with van der Waals surface area (Å²) in [4.78, 5) is 11.1. The van der Waals surface area contributed by atoms with Crippen LogP contribution in [0.2, 0.25) is 0 Å². The van der Waals surface area contributed by atoms with Gasteiger partial charge >= 0.3 is 0 Å². The van der Waals surface area contributed by atoms with Crippen LogP contribution in [-0.4, -0.2) is 60.6 Å². The maximum Gasteiger partial charge on any atom is 0.139 e. The summed E-state index contributed by atoms with van der Waals surface area (Å²) in [6, 6.07) is 14.3. The average Bonchev–Trinajstić information content (AvgIpc) is 3.39. The van der Waals surface area contributed by atoms with Crippen molar-refractivity contribution in [2.45, 2.75) is 0 Å². The highest BCUT2D eigenvalue weighted by Crippen LogP contribution is 2.35. The Kier molecular flexibility index (Phi) is 5.40. The minimum absolute atomic E-state index is 0.137. The molecule has 2 aliphatic rings. The summed E-state index contributed by atoms with van der Waals surface area (Å²) in [5.74, 6) is 0.0735. The number of hydrogen-bond acceptors (Lipinski definition) is 6. The molecule has 2 aromatic carbocycles. The Morgan fingerprint density at radius 2 is 1.62 bits per heavy atom. The highest BCUT2D eigenvalue weighted by atomic mass is 32.1. The number of amidine groups is 1. The molecule has 0 radical (unpaired) electrons. The quantitative estimate of drug-likeness (QED) is 0.615. The maximum absolute atomic E-state index is 13.2. The van der Waals surface area contributed by atoms with E-state index in [-0.39, 0.29) is 24.0 Å². The number of aliphatic hydroxyl groups is 1. The van der Waals surface area contributed by atoms with Crippen LogP contribution in [0.15, 0.2) is 59.7 Å². The Morgan fingerprint density at radius 3 is 2.31 bits per heavy atom. The Hall–Kier alpha value is -3.23. The predicted molar refractivity (Wildman–Crippen MR) is 128 cm³/mol. The van der Waals surface area contributed by atoms with Gasteiger partial charge in [0.25, 0.3) is 0 Å². The van der Waals surface area contributed by atoms with E-state index in [0.717, 1.165) is 37.4 Å². The van der Waals surface area contributed by atoms with E-state index in [4.69, 9.17) is 5.41 Å². The average molecular weight is 450 g/mol. The fourth-order valence-corrected chi connectivity index (χ4v) is 4.97. The van der Waals surface area contributed by atoms with Crippen LogP contribution in [0.4, 0.5) is 15.8 Å². The summed E-state index contributed by atoms with van der Waals surface area (Å²) in [6.45, 7) is 4.35. The van der Waals surface area contributed by atoms with Crippen LogP contribution in [0, 0.1) is 11.2 Å². The van der Waals surface area contributed by atoms with Gasteiger partial charge in [-0.1, -0.05) is 0 Å². The number of thiazole rings is 1. The number of benzene rings is 2. The third-order valence-electron chi connectivity index (χ3n) is 5.99. The number of rotatable bonds is 4. The molecule has 0 spiro atoms. The van der Waals surface area contributed by atoms with E-state index in [9.17, 15) is 9.50 Å². The SMILES string of the molecule is CN1CCN(c2ccc(N3CC(O)=C(c4nc(-c5ccc(F)cc5)cs4)C3=N)cc2)CC1. The second kappa shape index (κ2) is 8.37. The summed E-state index contributed by atoms with van der Waals surface area (Å²) in [7, 11) is 2.14. The lowest BCUT2D eigenvalue weighted by molar-refractivity contribution is 0.313. The van der Waals surface area contributed by atoms with E-state index in [0.29, 0.717) is 16.3 Å². The van der Waals surface area contributed by atoms with Crippen molar-refractivity contribution in [1.82, 2.24) is 9.88 Å². The summed E-state index contributed by atoms with van der Waals surface area (Å²) < 4.78 is 13.2. The lowest BCUT2D eigenvalue weighted by Crippen LogP contribution is -2.44. The number of hydrogen-bond donors (Lipinski definition) is 2. The zero-order valence-corrected chi connectivity index (χ0v) is 18.6. The molecule has 2 N–H and O–H groups in total. The fourth-order valence-electron chi connectivity index (χ4n) is 4.07. The van der Waals surface area contributed by atoms with Gasteiger partial charge in [-0.15, -0.1) is 11.3 Å². The van der Waals surface area contributed by atoms with Crippen molar-refractivity contribution in [3.63, 3.8) is 0 Å². The van der Waals surface area contributed by atoms with E-state index in [1.54, 1.807) is 17.0 Å². The van der Waals surface area contributed by atoms with E-state index in [1.165, 1.54) is 29.2 Å². The van der Waals surface area contributed by atoms with Crippen molar-refractivity contribution in [3.8, 4) is 11.3 Å². The molecule has 32 heavy (non-hydrogen) atoms. The first-order valence-electron chi connectivity index (χ1n) is 10.5. The Labute approximate surface area is 190 Å². The van der Waals surface area contributed by atoms with Gasteiger partial charge in [0.05, 0.1) is 17.8 Å². The molecule has 3 heterocycles. The second-order valence-corrected chi connectivity index (χ2v) is 8.97. The van der Waals surface area contributed by atoms with Gasteiger partial charge in [0.2, 0.25) is 0 Å². The molecule has 0 amide bonds. The Balaban J connectivity index is 1.33. The van der Waals surface area contributed by atoms with Crippen LogP contribution in [0.1, 0.15) is 5.01 Å². The molecule has 1 aromatic heterocycles. The number of piperazine rings is 1. The lowest BCUT2D eigenvalue weighted by Gasteiger charge is -2.34. The minimum Gasteiger partial charge on any atom is -0.510 e. The van der Waals surface area contributed by atoms with Crippen LogP contribution in [0.5, 0.6) is 0 Å². The van der Waals surface area contributed by atoms with Gasteiger partial charge < -0.3 is 19.8 Å². The molecule has 5 rings (SSSR count). The van der Waals surface area contributed by atoms with Crippen LogP contribution in [-0.2, 0) is 0 Å². The molecule has 0 bridgehead atoms. The van der Waals surface area contributed by atoms with Crippen molar-refractivity contribution in [2.24, 2.45) is 0 Å². The van der Waals surface area contributed by atoms with Gasteiger partial charge in [-0.3, -0.25) is 5.41 Å². The molecule has 6 nitrogen and oxygen atoms in total. The summed E-state index contributed by atoms with van der Waals surface area (Å²) in [6.07, 6.45) is 0. The highest BCUT2D eigenvalue weighted by molar-refractivity contribution is 7.11. The topological polar surface area (TPSA) is 66.7 Å². The molecule has 0 aliphatic carbocycles. The largest absolute Gasteiger partial charge is 0.510 e. The summed E-state index contributed by atoms with van der Waals surface area (Å²) >= 11 is 1.37. The first-order chi connectivity index (χ1) is 15.5. The van der Waals surface area contributed by atoms with Crippen molar-refractivity contribution in [1.29, 1.82) is 5.41 Å².